The van der Waals surface area contributed by atoms with E-state index in [9.17, 15) is 0 Å². The van der Waals surface area contributed by atoms with E-state index in [-0.39, 0.29) is 6.61 Å². The lowest BCUT2D eigenvalue weighted by atomic mass is 10.2. The zero-order valence-corrected chi connectivity index (χ0v) is 14.3. The Morgan fingerprint density at radius 2 is 1.64 bits per heavy atom. The molecule has 1 aromatic heterocycles. The van der Waals surface area contributed by atoms with Crippen molar-refractivity contribution in [1.82, 2.24) is 10.2 Å². The second-order valence-corrected chi connectivity index (χ2v) is 5.31. The quantitative estimate of drug-likeness (QED) is 0.615. The van der Waals surface area contributed by atoms with Crippen LogP contribution in [0.2, 0.25) is 0 Å². The van der Waals surface area contributed by atoms with Gasteiger partial charge in [-0.1, -0.05) is 19.1 Å². The standard InChI is InChI=1S/C19H20N2O4/c1-3-12-23-16-6-4-5-7-17(16)24-13-18-20-21-19(25-18)14-8-10-15(22-2)11-9-14/h4-11H,3,12-13H2,1-2H3. The van der Waals surface area contributed by atoms with E-state index in [1.54, 1.807) is 7.11 Å². The number of hydrogen-bond donors (Lipinski definition) is 0. The van der Waals surface area contributed by atoms with E-state index in [1.165, 1.54) is 0 Å². The molecule has 1 heterocycles. The van der Waals surface area contributed by atoms with Crippen molar-refractivity contribution in [2.75, 3.05) is 13.7 Å². The van der Waals surface area contributed by atoms with Crippen LogP contribution in [-0.4, -0.2) is 23.9 Å². The maximum Gasteiger partial charge on any atom is 0.254 e. The van der Waals surface area contributed by atoms with Crippen LogP contribution in [0, 0.1) is 0 Å². The summed E-state index contributed by atoms with van der Waals surface area (Å²) in [6, 6.07) is 15.0. The molecule has 25 heavy (non-hydrogen) atoms. The summed E-state index contributed by atoms with van der Waals surface area (Å²) in [5.41, 5.74) is 0.825. The van der Waals surface area contributed by atoms with Crippen LogP contribution in [0.15, 0.2) is 52.9 Å². The SMILES string of the molecule is CCCOc1ccccc1OCc1nnc(-c2ccc(OC)cc2)o1. The summed E-state index contributed by atoms with van der Waals surface area (Å²) in [7, 11) is 1.62. The number of benzene rings is 2. The van der Waals surface area contributed by atoms with E-state index >= 15 is 0 Å². The van der Waals surface area contributed by atoms with Crippen LogP contribution in [0.3, 0.4) is 0 Å². The van der Waals surface area contributed by atoms with Crippen molar-refractivity contribution >= 4 is 0 Å². The van der Waals surface area contributed by atoms with Crippen LogP contribution >= 0.6 is 0 Å². The molecule has 3 aromatic rings. The highest BCUT2D eigenvalue weighted by molar-refractivity contribution is 5.53. The molecular weight excluding hydrogens is 320 g/mol. The lowest BCUT2D eigenvalue weighted by Gasteiger charge is -2.10. The number of rotatable bonds is 8. The van der Waals surface area contributed by atoms with Gasteiger partial charge in [0.25, 0.3) is 5.89 Å². The minimum Gasteiger partial charge on any atom is -0.497 e. The van der Waals surface area contributed by atoms with Crippen LogP contribution in [0.1, 0.15) is 19.2 Å². The summed E-state index contributed by atoms with van der Waals surface area (Å²) < 4.78 is 22.2. The summed E-state index contributed by atoms with van der Waals surface area (Å²) in [5.74, 6) is 2.97. The molecule has 0 aliphatic carbocycles. The maximum atomic E-state index is 5.76. The zero-order chi connectivity index (χ0) is 17.5. The topological polar surface area (TPSA) is 66.6 Å². The molecule has 0 spiro atoms. The molecule has 3 rings (SSSR count). The van der Waals surface area contributed by atoms with E-state index in [1.807, 2.05) is 48.5 Å². The molecule has 6 nitrogen and oxygen atoms in total. The Kier molecular flexibility index (Phi) is 5.51. The van der Waals surface area contributed by atoms with E-state index in [4.69, 9.17) is 18.6 Å². The first kappa shape index (κ1) is 16.8. The highest BCUT2D eigenvalue weighted by Gasteiger charge is 2.11. The van der Waals surface area contributed by atoms with Crippen molar-refractivity contribution in [1.29, 1.82) is 0 Å². The number of methoxy groups -OCH3 is 1. The van der Waals surface area contributed by atoms with Gasteiger partial charge in [-0.3, -0.25) is 0 Å². The Labute approximate surface area is 146 Å². The normalized spacial score (nSPS) is 10.5. The molecule has 0 fully saturated rings. The fourth-order valence-corrected chi connectivity index (χ4v) is 2.20. The number of hydrogen-bond acceptors (Lipinski definition) is 6. The van der Waals surface area contributed by atoms with Gasteiger partial charge in [-0.2, -0.15) is 0 Å². The van der Waals surface area contributed by atoms with Gasteiger partial charge in [0, 0.05) is 5.56 Å². The van der Waals surface area contributed by atoms with Crippen molar-refractivity contribution in [2.24, 2.45) is 0 Å². The van der Waals surface area contributed by atoms with Crippen LogP contribution in [0.25, 0.3) is 11.5 Å². The molecule has 0 saturated carbocycles. The van der Waals surface area contributed by atoms with Gasteiger partial charge in [-0.25, -0.2) is 0 Å². The van der Waals surface area contributed by atoms with E-state index in [0.29, 0.717) is 29.9 Å². The van der Waals surface area contributed by atoms with Gasteiger partial charge in [-0.05, 0) is 42.8 Å². The van der Waals surface area contributed by atoms with Crippen molar-refractivity contribution in [2.45, 2.75) is 20.0 Å². The molecule has 0 bridgehead atoms. The summed E-state index contributed by atoms with van der Waals surface area (Å²) >= 11 is 0. The average Bonchev–Trinajstić information content (AvgIpc) is 3.14. The molecule has 0 atom stereocenters. The molecule has 6 heteroatoms. The lowest BCUT2D eigenvalue weighted by Crippen LogP contribution is -2.00. The third kappa shape index (κ3) is 4.29. The fourth-order valence-electron chi connectivity index (χ4n) is 2.20. The van der Waals surface area contributed by atoms with Gasteiger partial charge in [0.05, 0.1) is 13.7 Å². The van der Waals surface area contributed by atoms with Crippen molar-refractivity contribution < 1.29 is 18.6 Å². The Balaban J connectivity index is 1.66. The molecule has 0 N–H and O–H groups in total. The van der Waals surface area contributed by atoms with Crippen LogP contribution in [0.5, 0.6) is 17.2 Å². The van der Waals surface area contributed by atoms with Crippen molar-refractivity contribution in [3.05, 3.63) is 54.4 Å². The maximum absolute atomic E-state index is 5.76. The van der Waals surface area contributed by atoms with E-state index in [2.05, 4.69) is 17.1 Å². The summed E-state index contributed by atoms with van der Waals surface area (Å²) in [4.78, 5) is 0. The molecule has 2 aromatic carbocycles. The van der Waals surface area contributed by atoms with Crippen LogP contribution in [0.4, 0.5) is 0 Å². The number of ether oxygens (including phenoxy) is 3. The Hall–Kier alpha value is -3.02. The Morgan fingerprint density at radius 3 is 2.32 bits per heavy atom. The van der Waals surface area contributed by atoms with Gasteiger partial charge in [0.2, 0.25) is 5.89 Å². The fraction of sp³-hybridized carbons (Fsp3) is 0.263. The van der Waals surface area contributed by atoms with Crippen molar-refractivity contribution in [3.63, 3.8) is 0 Å². The monoisotopic (exact) mass is 340 g/mol. The van der Waals surface area contributed by atoms with E-state index < -0.39 is 0 Å². The third-order valence-corrected chi connectivity index (χ3v) is 3.47. The highest BCUT2D eigenvalue weighted by atomic mass is 16.5. The van der Waals surface area contributed by atoms with Gasteiger partial charge >= 0.3 is 0 Å². The van der Waals surface area contributed by atoms with E-state index in [0.717, 1.165) is 17.7 Å². The Bertz CT molecular complexity index is 799. The Morgan fingerprint density at radius 1 is 0.920 bits per heavy atom. The first-order valence-electron chi connectivity index (χ1n) is 8.11. The predicted octanol–water partition coefficient (Wildman–Crippen LogP) is 4.11. The van der Waals surface area contributed by atoms with Gasteiger partial charge in [-0.15, -0.1) is 10.2 Å². The molecule has 130 valence electrons. The molecule has 0 amide bonds. The molecule has 0 saturated heterocycles. The largest absolute Gasteiger partial charge is 0.497 e. The second kappa shape index (κ2) is 8.19. The lowest BCUT2D eigenvalue weighted by molar-refractivity contribution is 0.239. The summed E-state index contributed by atoms with van der Waals surface area (Å²) in [5, 5.41) is 8.09. The third-order valence-electron chi connectivity index (χ3n) is 3.47. The van der Waals surface area contributed by atoms with Crippen molar-refractivity contribution in [3.8, 4) is 28.7 Å². The average molecular weight is 340 g/mol. The van der Waals surface area contributed by atoms with Gasteiger partial charge < -0.3 is 18.6 Å². The highest BCUT2D eigenvalue weighted by Crippen LogP contribution is 2.28. The summed E-state index contributed by atoms with van der Waals surface area (Å²) in [6.07, 6.45) is 0.934. The molecule has 0 unspecified atom stereocenters. The molecular formula is C19H20N2O4. The minimum absolute atomic E-state index is 0.176. The summed E-state index contributed by atoms with van der Waals surface area (Å²) in [6.45, 7) is 2.88. The zero-order valence-electron chi connectivity index (χ0n) is 14.3. The first-order chi connectivity index (χ1) is 12.3. The second-order valence-electron chi connectivity index (χ2n) is 5.31. The number of para-hydroxylation sites is 2. The smallest absolute Gasteiger partial charge is 0.254 e. The first-order valence-corrected chi connectivity index (χ1v) is 8.11. The minimum atomic E-state index is 0.176. The number of nitrogens with zero attached hydrogens (tertiary/aromatic N) is 2. The van der Waals surface area contributed by atoms with Gasteiger partial charge in [0.1, 0.15) is 5.75 Å². The predicted molar refractivity (Wildman–Crippen MR) is 92.8 cm³/mol. The molecule has 0 aliphatic rings. The van der Waals surface area contributed by atoms with Crippen LogP contribution < -0.4 is 14.2 Å². The molecule has 0 aliphatic heterocycles. The van der Waals surface area contributed by atoms with Crippen LogP contribution in [-0.2, 0) is 6.61 Å². The number of aromatic nitrogens is 2. The molecule has 0 radical (unpaired) electrons. The van der Waals surface area contributed by atoms with Gasteiger partial charge in [0.15, 0.2) is 18.1 Å².